The molecule has 1 fully saturated rings. The van der Waals surface area contributed by atoms with Crippen LogP contribution < -0.4 is 4.90 Å². The number of pyridine rings is 1. The summed E-state index contributed by atoms with van der Waals surface area (Å²) in [6.07, 6.45) is 0. The summed E-state index contributed by atoms with van der Waals surface area (Å²) in [7, 11) is -1.97. The van der Waals surface area contributed by atoms with E-state index in [0.29, 0.717) is 5.56 Å². The fourth-order valence-electron chi connectivity index (χ4n) is 2.77. The summed E-state index contributed by atoms with van der Waals surface area (Å²) in [5.41, 5.74) is 1.39. The first-order valence-electron chi connectivity index (χ1n) is 7.65. The van der Waals surface area contributed by atoms with Gasteiger partial charge in [0.1, 0.15) is 11.1 Å². The minimum atomic E-state index is -4.09. The molecule has 0 spiro atoms. The molecule has 3 rings (SSSR count). The van der Waals surface area contributed by atoms with E-state index in [1.807, 2.05) is 18.2 Å². The second kappa shape index (κ2) is 6.07. The predicted molar refractivity (Wildman–Crippen MR) is 91.4 cm³/mol. The second-order valence-corrected chi connectivity index (χ2v) is 7.81. The van der Waals surface area contributed by atoms with Gasteiger partial charge < -0.3 is 9.80 Å². The van der Waals surface area contributed by atoms with Crippen molar-refractivity contribution in [3.63, 3.8) is 0 Å². The van der Waals surface area contributed by atoms with E-state index in [9.17, 15) is 13.0 Å². The Morgan fingerprint density at radius 2 is 1.83 bits per heavy atom. The van der Waals surface area contributed by atoms with Gasteiger partial charge in [-0.05, 0) is 43.8 Å². The Labute approximate surface area is 136 Å². The zero-order valence-corrected chi connectivity index (χ0v) is 14.1. The van der Waals surface area contributed by atoms with Gasteiger partial charge in [-0.25, -0.2) is 4.98 Å². The number of benzene rings is 1. The van der Waals surface area contributed by atoms with Crippen LogP contribution in [0.25, 0.3) is 10.9 Å². The van der Waals surface area contributed by atoms with Gasteiger partial charge >= 0.3 is 0 Å². The van der Waals surface area contributed by atoms with E-state index in [1.54, 1.807) is 12.1 Å². The molecule has 0 amide bonds. The Morgan fingerprint density at radius 3 is 2.48 bits per heavy atom. The summed E-state index contributed by atoms with van der Waals surface area (Å²) in [5, 5.41) is -0.0694. The third-order valence-electron chi connectivity index (χ3n) is 4.44. The van der Waals surface area contributed by atoms with E-state index >= 15 is 0 Å². The molecule has 2 aromatic rings. The number of hydrogen-bond donors (Lipinski definition) is 1. The minimum absolute atomic E-state index is 0.564. The highest BCUT2D eigenvalue weighted by molar-refractivity contribution is 7.86. The van der Waals surface area contributed by atoms with Crippen molar-refractivity contribution in [3.8, 4) is 0 Å². The van der Waals surface area contributed by atoms with Crippen LogP contribution in [-0.2, 0) is 10.1 Å². The monoisotopic (exact) mass is 335 g/mol. The minimum Gasteiger partial charge on any atom is -0.354 e. The molecule has 2 heterocycles. The number of nitrogens with zero attached hydrogens (tertiary/aromatic N) is 3. The van der Waals surface area contributed by atoms with Crippen LogP contribution in [0.2, 0.25) is 0 Å². The maximum absolute atomic E-state index is 11.3. The van der Waals surface area contributed by atoms with Crippen molar-refractivity contribution in [1.82, 2.24) is 9.88 Å². The standard InChI is InChI=1S/C16H21N3O3S/c1-12(23(20,21)22)13-3-5-15-14(11-13)4-6-16(17-15)19-9-7-18(2)8-10-19/h3-6,11-12H,7-10H2,1-2H3,(H,20,21,22). The molecule has 1 aliphatic heterocycles. The van der Waals surface area contributed by atoms with Gasteiger partial charge in [0.05, 0.1) is 5.52 Å². The summed E-state index contributed by atoms with van der Waals surface area (Å²) < 4.78 is 31.8. The van der Waals surface area contributed by atoms with Gasteiger partial charge in [-0.2, -0.15) is 8.42 Å². The molecule has 0 aliphatic carbocycles. The van der Waals surface area contributed by atoms with Crippen LogP contribution in [0.5, 0.6) is 0 Å². The van der Waals surface area contributed by atoms with Gasteiger partial charge in [0.25, 0.3) is 10.1 Å². The Hall–Kier alpha value is -1.70. The van der Waals surface area contributed by atoms with Crippen molar-refractivity contribution in [3.05, 3.63) is 35.9 Å². The lowest BCUT2D eigenvalue weighted by Gasteiger charge is -2.33. The van der Waals surface area contributed by atoms with Crippen LogP contribution in [0.4, 0.5) is 5.82 Å². The molecule has 0 saturated carbocycles. The number of anilines is 1. The van der Waals surface area contributed by atoms with Crippen molar-refractivity contribution in [2.45, 2.75) is 12.2 Å². The average molecular weight is 335 g/mol. The third kappa shape index (κ3) is 3.46. The lowest BCUT2D eigenvalue weighted by Crippen LogP contribution is -2.44. The molecule has 1 aliphatic rings. The molecule has 7 heteroatoms. The van der Waals surface area contributed by atoms with Gasteiger partial charge in [0, 0.05) is 31.6 Å². The first-order chi connectivity index (χ1) is 10.8. The summed E-state index contributed by atoms with van der Waals surface area (Å²) in [6, 6.07) is 9.22. The van der Waals surface area contributed by atoms with Crippen molar-refractivity contribution in [2.75, 3.05) is 38.1 Å². The van der Waals surface area contributed by atoms with Crippen LogP contribution in [-0.4, -0.2) is 56.1 Å². The number of aromatic nitrogens is 1. The number of hydrogen-bond acceptors (Lipinski definition) is 5. The highest BCUT2D eigenvalue weighted by Gasteiger charge is 2.20. The first kappa shape index (κ1) is 16.2. The van der Waals surface area contributed by atoms with Crippen LogP contribution >= 0.6 is 0 Å². The van der Waals surface area contributed by atoms with E-state index < -0.39 is 15.4 Å². The van der Waals surface area contributed by atoms with Crippen LogP contribution in [0.3, 0.4) is 0 Å². The Morgan fingerprint density at radius 1 is 1.13 bits per heavy atom. The molecule has 124 valence electrons. The zero-order valence-electron chi connectivity index (χ0n) is 13.3. The van der Waals surface area contributed by atoms with Crippen molar-refractivity contribution in [1.29, 1.82) is 0 Å². The molecule has 1 saturated heterocycles. The van der Waals surface area contributed by atoms with E-state index in [-0.39, 0.29) is 0 Å². The molecular weight excluding hydrogens is 314 g/mol. The normalized spacial score (nSPS) is 18.3. The summed E-state index contributed by atoms with van der Waals surface area (Å²) in [5.74, 6) is 0.946. The highest BCUT2D eigenvalue weighted by Crippen LogP contribution is 2.26. The quantitative estimate of drug-likeness (QED) is 0.864. The number of piperazine rings is 1. The zero-order chi connectivity index (χ0) is 16.6. The summed E-state index contributed by atoms with van der Waals surface area (Å²) >= 11 is 0. The van der Waals surface area contributed by atoms with Gasteiger partial charge in [-0.3, -0.25) is 4.55 Å². The topological polar surface area (TPSA) is 73.7 Å². The van der Waals surface area contributed by atoms with Crippen molar-refractivity contribution >= 4 is 26.8 Å². The van der Waals surface area contributed by atoms with E-state index in [1.165, 1.54) is 6.92 Å². The predicted octanol–water partition coefficient (Wildman–Crippen LogP) is 1.94. The summed E-state index contributed by atoms with van der Waals surface area (Å²) in [4.78, 5) is 9.23. The van der Waals surface area contributed by atoms with Gasteiger partial charge in [0.15, 0.2) is 0 Å². The lowest BCUT2D eigenvalue weighted by molar-refractivity contribution is 0.312. The first-order valence-corrected chi connectivity index (χ1v) is 9.15. The highest BCUT2D eigenvalue weighted by atomic mass is 32.2. The number of likely N-dealkylation sites (N-methyl/N-ethyl adjacent to an activating group) is 1. The molecule has 1 aromatic heterocycles. The Bertz CT molecular complexity index is 814. The SMILES string of the molecule is CC(c1ccc2nc(N3CCN(C)CC3)ccc2c1)S(=O)(=O)O. The molecule has 0 bridgehead atoms. The summed E-state index contributed by atoms with van der Waals surface area (Å²) in [6.45, 7) is 5.41. The second-order valence-electron chi connectivity index (χ2n) is 6.07. The van der Waals surface area contributed by atoms with Crippen LogP contribution in [0.15, 0.2) is 30.3 Å². The van der Waals surface area contributed by atoms with E-state index in [2.05, 4.69) is 21.8 Å². The molecule has 1 aromatic carbocycles. The van der Waals surface area contributed by atoms with Crippen molar-refractivity contribution < 1.29 is 13.0 Å². The fourth-order valence-corrected chi connectivity index (χ4v) is 3.26. The van der Waals surface area contributed by atoms with Crippen molar-refractivity contribution in [2.24, 2.45) is 0 Å². The number of rotatable bonds is 3. The van der Waals surface area contributed by atoms with Gasteiger partial charge in [0.2, 0.25) is 0 Å². The Balaban J connectivity index is 1.90. The lowest BCUT2D eigenvalue weighted by atomic mass is 10.1. The van der Waals surface area contributed by atoms with E-state index in [4.69, 9.17) is 0 Å². The number of fused-ring (bicyclic) bond motifs is 1. The molecule has 1 atom stereocenters. The van der Waals surface area contributed by atoms with E-state index in [0.717, 1.165) is 42.9 Å². The average Bonchev–Trinajstić information content (AvgIpc) is 2.53. The molecular formula is C16H21N3O3S. The molecule has 6 nitrogen and oxygen atoms in total. The molecule has 0 radical (unpaired) electrons. The van der Waals surface area contributed by atoms with Gasteiger partial charge in [-0.1, -0.05) is 6.07 Å². The Kier molecular flexibility index (Phi) is 4.27. The fraction of sp³-hybridized carbons (Fsp3) is 0.438. The smallest absolute Gasteiger partial charge is 0.271 e. The van der Waals surface area contributed by atoms with Crippen LogP contribution in [0, 0.1) is 0 Å². The molecule has 1 N–H and O–H groups in total. The molecule has 23 heavy (non-hydrogen) atoms. The maximum Gasteiger partial charge on any atom is 0.271 e. The maximum atomic E-state index is 11.3. The van der Waals surface area contributed by atoms with Crippen LogP contribution in [0.1, 0.15) is 17.7 Å². The largest absolute Gasteiger partial charge is 0.354 e. The van der Waals surface area contributed by atoms with Gasteiger partial charge in [-0.15, -0.1) is 0 Å². The third-order valence-corrected chi connectivity index (χ3v) is 5.61. The molecule has 1 unspecified atom stereocenters.